The van der Waals surface area contributed by atoms with Gasteiger partial charge in [-0.05, 0) is 38.7 Å². The van der Waals surface area contributed by atoms with Gasteiger partial charge in [0.15, 0.2) is 5.78 Å². The van der Waals surface area contributed by atoms with Crippen molar-refractivity contribution in [2.24, 2.45) is 0 Å². The van der Waals surface area contributed by atoms with Crippen LogP contribution in [0.2, 0.25) is 0 Å². The lowest BCUT2D eigenvalue weighted by molar-refractivity contribution is 0.0938. The van der Waals surface area contributed by atoms with Gasteiger partial charge < -0.3 is 10.0 Å². The molecule has 19 heavy (non-hydrogen) atoms. The van der Waals surface area contributed by atoms with Crippen molar-refractivity contribution < 1.29 is 14.3 Å². The van der Waals surface area contributed by atoms with E-state index in [0.29, 0.717) is 6.04 Å². The van der Waals surface area contributed by atoms with Crippen molar-refractivity contribution in [1.82, 2.24) is 9.80 Å². The molecule has 1 aliphatic rings. The zero-order valence-electron chi connectivity index (χ0n) is 11.3. The molecule has 1 fully saturated rings. The number of likely N-dealkylation sites (tertiary alicyclic amines) is 1. The third kappa shape index (κ3) is 3.30. The van der Waals surface area contributed by atoms with Gasteiger partial charge in [-0.1, -0.05) is 0 Å². The van der Waals surface area contributed by atoms with Crippen molar-refractivity contribution in [2.45, 2.75) is 12.5 Å². The molecule has 0 bridgehead atoms. The van der Waals surface area contributed by atoms with Gasteiger partial charge in [0, 0.05) is 19.1 Å². The summed E-state index contributed by atoms with van der Waals surface area (Å²) >= 11 is 0. The second-order valence-electron chi connectivity index (χ2n) is 5.23. The SMILES string of the molecule is CN(C)C1CCN(CC(=O)c2cc(F)ccc2O)C1. The van der Waals surface area contributed by atoms with Gasteiger partial charge in [-0.3, -0.25) is 9.69 Å². The van der Waals surface area contributed by atoms with Gasteiger partial charge >= 0.3 is 0 Å². The monoisotopic (exact) mass is 266 g/mol. The number of rotatable bonds is 4. The van der Waals surface area contributed by atoms with E-state index in [9.17, 15) is 14.3 Å². The highest BCUT2D eigenvalue weighted by Gasteiger charge is 2.26. The molecule has 0 aromatic heterocycles. The molecule has 4 nitrogen and oxygen atoms in total. The number of Topliss-reactive ketones (excluding diaryl/α,β-unsaturated/α-hetero) is 1. The van der Waals surface area contributed by atoms with E-state index in [0.717, 1.165) is 31.6 Å². The van der Waals surface area contributed by atoms with Gasteiger partial charge in [-0.25, -0.2) is 4.39 Å². The summed E-state index contributed by atoms with van der Waals surface area (Å²) in [7, 11) is 4.04. The molecular formula is C14H19FN2O2. The largest absolute Gasteiger partial charge is 0.507 e. The molecule has 104 valence electrons. The molecular weight excluding hydrogens is 247 g/mol. The zero-order chi connectivity index (χ0) is 14.0. The first kappa shape index (κ1) is 14.0. The number of hydrogen-bond acceptors (Lipinski definition) is 4. The minimum atomic E-state index is -0.506. The van der Waals surface area contributed by atoms with Crippen LogP contribution in [0.5, 0.6) is 5.75 Å². The average molecular weight is 266 g/mol. The summed E-state index contributed by atoms with van der Waals surface area (Å²) in [6.07, 6.45) is 1.02. The number of aromatic hydroxyl groups is 1. The first-order chi connectivity index (χ1) is 8.97. The summed E-state index contributed by atoms with van der Waals surface area (Å²) in [5.74, 6) is -0.903. The van der Waals surface area contributed by atoms with Crippen LogP contribution in [0.15, 0.2) is 18.2 Å². The first-order valence-corrected chi connectivity index (χ1v) is 6.38. The third-order valence-corrected chi connectivity index (χ3v) is 3.60. The summed E-state index contributed by atoms with van der Waals surface area (Å²) < 4.78 is 13.1. The molecule has 1 heterocycles. The Morgan fingerprint density at radius 3 is 2.89 bits per heavy atom. The molecule has 1 aromatic carbocycles. The molecule has 1 saturated heterocycles. The van der Waals surface area contributed by atoms with Gasteiger partial charge in [0.1, 0.15) is 11.6 Å². The van der Waals surface area contributed by atoms with Crippen molar-refractivity contribution in [3.05, 3.63) is 29.6 Å². The van der Waals surface area contributed by atoms with Gasteiger partial charge in [0.25, 0.3) is 0 Å². The Morgan fingerprint density at radius 2 is 2.26 bits per heavy atom. The second-order valence-corrected chi connectivity index (χ2v) is 5.23. The normalized spacial score (nSPS) is 20.1. The topological polar surface area (TPSA) is 43.8 Å². The Morgan fingerprint density at radius 1 is 1.53 bits per heavy atom. The number of ketones is 1. The summed E-state index contributed by atoms with van der Waals surface area (Å²) in [6, 6.07) is 3.91. The highest BCUT2D eigenvalue weighted by Crippen LogP contribution is 2.20. The Hall–Kier alpha value is -1.46. The van der Waals surface area contributed by atoms with Crippen molar-refractivity contribution in [2.75, 3.05) is 33.7 Å². The maximum atomic E-state index is 13.1. The van der Waals surface area contributed by atoms with Crippen molar-refractivity contribution >= 4 is 5.78 Å². The first-order valence-electron chi connectivity index (χ1n) is 6.38. The van der Waals surface area contributed by atoms with Crippen LogP contribution in [0.25, 0.3) is 0 Å². The van der Waals surface area contributed by atoms with Gasteiger partial charge in [0.05, 0.1) is 12.1 Å². The van der Waals surface area contributed by atoms with Crippen LogP contribution >= 0.6 is 0 Å². The number of carbonyl (C=O) groups excluding carboxylic acids is 1. The lowest BCUT2D eigenvalue weighted by Crippen LogP contribution is -2.33. The number of nitrogens with zero attached hydrogens (tertiary/aromatic N) is 2. The molecule has 2 rings (SSSR count). The maximum Gasteiger partial charge on any atom is 0.180 e. The smallest absolute Gasteiger partial charge is 0.180 e. The van der Waals surface area contributed by atoms with Crippen LogP contribution in [-0.4, -0.2) is 60.5 Å². The molecule has 0 spiro atoms. The molecule has 1 unspecified atom stereocenters. The van der Waals surface area contributed by atoms with E-state index >= 15 is 0 Å². The van der Waals surface area contributed by atoms with E-state index in [4.69, 9.17) is 0 Å². The maximum absolute atomic E-state index is 13.1. The Labute approximate surface area is 112 Å². The highest BCUT2D eigenvalue weighted by atomic mass is 19.1. The predicted octanol–water partition coefficient (Wildman–Crippen LogP) is 1.35. The molecule has 1 aromatic rings. The quantitative estimate of drug-likeness (QED) is 0.836. The van der Waals surface area contributed by atoms with E-state index in [2.05, 4.69) is 4.90 Å². The lowest BCUT2D eigenvalue weighted by Gasteiger charge is -2.20. The Kier molecular flexibility index (Phi) is 4.17. The number of benzene rings is 1. The molecule has 0 amide bonds. The number of likely N-dealkylation sites (N-methyl/N-ethyl adjacent to an activating group) is 1. The molecule has 1 aliphatic heterocycles. The fourth-order valence-electron chi connectivity index (χ4n) is 2.40. The third-order valence-electron chi connectivity index (χ3n) is 3.60. The van der Waals surface area contributed by atoms with E-state index in [1.807, 2.05) is 19.0 Å². The summed E-state index contributed by atoms with van der Waals surface area (Å²) in [4.78, 5) is 16.3. The molecule has 1 atom stereocenters. The molecule has 1 N–H and O–H groups in total. The Balaban J connectivity index is 2.00. The predicted molar refractivity (Wildman–Crippen MR) is 70.9 cm³/mol. The molecule has 0 aliphatic carbocycles. The van der Waals surface area contributed by atoms with Gasteiger partial charge in [-0.2, -0.15) is 0 Å². The van der Waals surface area contributed by atoms with E-state index in [-0.39, 0.29) is 23.6 Å². The fraction of sp³-hybridized carbons (Fsp3) is 0.500. The van der Waals surface area contributed by atoms with Gasteiger partial charge in [-0.15, -0.1) is 0 Å². The average Bonchev–Trinajstić information content (AvgIpc) is 2.80. The summed E-state index contributed by atoms with van der Waals surface area (Å²) in [6.45, 7) is 1.90. The van der Waals surface area contributed by atoms with Crippen molar-refractivity contribution in [3.63, 3.8) is 0 Å². The van der Waals surface area contributed by atoms with Crippen LogP contribution in [0.3, 0.4) is 0 Å². The Bertz CT molecular complexity index is 477. The molecule has 0 saturated carbocycles. The van der Waals surface area contributed by atoms with Crippen LogP contribution in [0.4, 0.5) is 4.39 Å². The van der Waals surface area contributed by atoms with Crippen LogP contribution < -0.4 is 0 Å². The van der Waals surface area contributed by atoms with Crippen LogP contribution in [-0.2, 0) is 0 Å². The van der Waals surface area contributed by atoms with Crippen LogP contribution in [0, 0.1) is 5.82 Å². The number of halogens is 1. The van der Waals surface area contributed by atoms with Crippen LogP contribution in [0.1, 0.15) is 16.8 Å². The zero-order valence-corrected chi connectivity index (χ0v) is 11.3. The fourth-order valence-corrected chi connectivity index (χ4v) is 2.40. The molecule has 5 heteroatoms. The highest BCUT2D eigenvalue weighted by molar-refractivity contribution is 6.00. The van der Waals surface area contributed by atoms with Crippen molar-refractivity contribution in [3.8, 4) is 5.75 Å². The minimum absolute atomic E-state index is 0.0632. The van der Waals surface area contributed by atoms with E-state index in [1.54, 1.807) is 0 Å². The van der Waals surface area contributed by atoms with Crippen molar-refractivity contribution in [1.29, 1.82) is 0 Å². The number of carbonyl (C=O) groups is 1. The lowest BCUT2D eigenvalue weighted by atomic mass is 10.1. The van der Waals surface area contributed by atoms with E-state index < -0.39 is 5.82 Å². The summed E-state index contributed by atoms with van der Waals surface area (Å²) in [5.41, 5.74) is 0.0632. The number of phenolic OH excluding ortho intramolecular Hbond substituents is 1. The standard InChI is InChI=1S/C14H19FN2O2/c1-16(2)11-5-6-17(8-11)9-14(19)12-7-10(15)3-4-13(12)18/h3-4,7,11,18H,5-6,8-9H2,1-2H3. The van der Waals surface area contributed by atoms with Gasteiger partial charge in [0.2, 0.25) is 0 Å². The summed E-state index contributed by atoms with van der Waals surface area (Å²) in [5, 5.41) is 9.61. The van der Waals surface area contributed by atoms with E-state index in [1.165, 1.54) is 6.07 Å². The second kappa shape index (κ2) is 5.67. The number of hydrogen-bond donors (Lipinski definition) is 1. The minimum Gasteiger partial charge on any atom is -0.507 e. The molecule has 0 radical (unpaired) electrons. The number of phenols is 1.